The fourth-order valence-electron chi connectivity index (χ4n) is 2.20. The average Bonchev–Trinajstić information content (AvgIpc) is 3.09. The van der Waals surface area contributed by atoms with Gasteiger partial charge in [0.25, 0.3) is 0 Å². The van der Waals surface area contributed by atoms with Crippen molar-refractivity contribution >= 4 is 9.84 Å². The Morgan fingerprint density at radius 2 is 1.74 bits per heavy atom. The smallest absolute Gasteiger partial charge is 0.231 e. The van der Waals surface area contributed by atoms with Crippen molar-refractivity contribution in [2.45, 2.75) is 25.2 Å². The summed E-state index contributed by atoms with van der Waals surface area (Å²) in [5.74, 6) is 1.58. The molecule has 2 heterocycles. The molecule has 8 heteroatoms. The highest BCUT2D eigenvalue weighted by Crippen LogP contribution is 2.21. The molecule has 0 saturated carbocycles. The third kappa shape index (κ3) is 3.16. The highest BCUT2D eigenvalue weighted by Gasteiger charge is 2.15. The van der Waals surface area contributed by atoms with Crippen LogP contribution in [0.3, 0.4) is 0 Å². The predicted molar refractivity (Wildman–Crippen MR) is 81.6 cm³/mol. The molecule has 0 radical (unpaired) electrons. The summed E-state index contributed by atoms with van der Waals surface area (Å²) in [4.78, 5) is 4.58. The Labute approximate surface area is 133 Å². The summed E-state index contributed by atoms with van der Waals surface area (Å²) in [6.45, 7) is 3.68. The van der Waals surface area contributed by atoms with E-state index in [4.69, 9.17) is 9.05 Å². The second-order valence-corrected chi connectivity index (χ2v) is 7.30. The number of aromatic nitrogens is 3. The lowest BCUT2D eigenvalue weighted by Crippen LogP contribution is -1.96. The van der Waals surface area contributed by atoms with E-state index < -0.39 is 9.84 Å². The van der Waals surface area contributed by atoms with Gasteiger partial charge in [-0.05, 0) is 38.1 Å². The van der Waals surface area contributed by atoms with Crippen LogP contribution in [0.4, 0.5) is 0 Å². The second-order valence-electron chi connectivity index (χ2n) is 5.29. The van der Waals surface area contributed by atoms with E-state index in [2.05, 4.69) is 15.3 Å². The summed E-state index contributed by atoms with van der Waals surface area (Å²) in [5.41, 5.74) is 2.40. The fourth-order valence-corrected chi connectivity index (χ4v) is 2.83. The third-order valence-electron chi connectivity index (χ3n) is 3.52. The van der Waals surface area contributed by atoms with Gasteiger partial charge in [-0.3, -0.25) is 0 Å². The van der Waals surface area contributed by atoms with Gasteiger partial charge in [-0.25, -0.2) is 8.42 Å². The average molecular weight is 333 g/mol. The van der Waals surface area contributed by atoms with Crippen molar-refractivity contribution in [1.29, 1.82) is 0 Å². The number of hydrogen-bond acceptors (Lipinski definition) is 7. The van der Waals surface area contributed by atoms with Gasteiger partial charge in [-0.15, -0.1) is 0 Å². The fraction of sp³-hybridized carbons (Fsp3) is 0.267. The van der Waals surface area contributed by atoms with E-state index in [0.29, 0.717) is 23.7 Å². The molecule has 120 valence electrons. The van der Waals surface area contributed by atoms with E-state index in [1.165, 1.54) is 12.1 Å². The Bertz CT molecular complexity index is 920. The highest BCUT2D eigenvalue weighted by atomic mass is 32.2. The normalized spacial score (nSPS) is 11.8. The molecule has 0 atom stereocenters. The summed E-state index contributed by atoms with van der Waals surface area (Å²) >= 11 is 0. The molecule has 2 aromatic heterocycles. The maximum Gasteiger partial charge on any atom is 0.231 e. The molecule has 7 nitrogen and oxygen atoms in total. The zero-order valence-electron chi connectivity index (χ0n) is 12.9. The van der Waals surface area contributed by atoms with Crippen molar-refractivity contribution in [3.63, 3.8) is 0 Å². The van der Waals surface area contributed by atoms with Crippen molar-refractivity contribution in [2.24, 2.45) is 0 Å². The lowest BCUT2D eigenvalue weighted by Gasteiger charge is -1.98. The van der Waals surface area contributed by atoms with Gasteiger partial charge in [0.15, 0.2) is 9.84 Å². The van der Waals surface area contributed by atoms with Crippen molar-refractivity contribution in [3.05, 3.63) is 47.2 Å². The van der Waals surface area contributed by atoms with Gasteiger partial charge in [0.1, 0.15) is 5.76 Å². The number of aryl methyl sites for hydroxylation is 2. The maximum absolute atomic E-state index is 11.5. The van der Waals surface area contributed by atoms with Crippen LogP contribution in [0.2, 0.25) is 0 Å². The maximum atomic E-state index is 11.5. The van der Waals surface area contributed by atoms with Gasteiger partial charge < -0.3 is 9.05 Å². The van der Waals surface area contributed by atoms with Crippen LogP contribution in [0.15, 0.2) is 38.2 Å². The number of sulfone groups is 1. The minimum absolute atomic E-state index is 0.251. The molecular formula is C15H15N3O4S. The van der Waals surface area contributed by atoms with Crippen LogP contribution in [-0.2, 0) is 16.3 Å². The van der Waals surface area contributed by atoms with Crippen LogP contribution in [0, 0.1) is 13.8 Å². The Kier molecular flexibility index (Phi) is 3.77. The first-order chi connectivity index (χ1) is 10.8. The SMILES string of the molecule is Cc1noc(C)c1Cc1nc(-c2ccc(S(C)(=O)=O)cc2)no1. The molecule has 0 amide bonds. The van der Waals surface area contributed by atoms with Crippen LogP contribution in [0.1, 0.15) is 22.9 Å². The first kappa shape index (κ1) is 15.4. The largest absolute Gasteiger partial charge is 0.361 e. The van der Waals surface area contributed by atoms with E-state index >= 15 is 0 Å². The summed E-state index contributed by atoms with van der Waals surface area (Å²) in [7, 11) is -3.22. The molecule has 0 fully saturated rings. The van der Waals surface area contributed by atoms with Gasteiger partial charge in [0.05, 0.1) is 17.0 Å². The molecule has 3 rings (SSSR count). The Balaban J connectivity index is 1.85. The molecule has 0 aliphatic rings. The number of rotatable bonds is 4. The molecule has 0 saturated heterocycles. The second kappa shape index (κ2) is 5.62. The molecule has 1 aromatic carbocycles. The third-order valence-corrected chi connectivity index (χ3v) is 4.65. The van der Waals surface area contributed by atoms with Gasteiger partial charge in [0.2, 0.25) is 11.7 Å². The first-order valence-electron chi connectivity index (χ1n) is 6.89. The summed E-state index contributed by atoms with van der Waals surface area (Å²) < 4.78 is 33.3. The van der Waals surface area contributed by atoms with Crippen LogP contribution >= 0.6 is 0 Å². The number of hydrogen-bond donors (Lipinski definition) is 0. The molecule has 0 unspecified atom stereocenters. The molecule has 3 aromatic rings. The van der Waals surface area contributed by atoms with E-state index in [1.54, 1.807) is 12.1 Å². The molecule has 0 aliphatic carbocycles. The summed E-state index contributed by atoms with van der Waals surface area (Å²) in [6, 6.07) is 6.35. The summed E-state index contributed by atoms with van der Waals surface area (Å²) in [5, 5.41) is 7.82. The molecule has 0 aliphatic heterocycles. The Hall–Kier alpha value is -2.48. The first-order valence-corrected chi connectivity index (χ1v) is 8.78. The van der Waals surface area contributed by atoms with E-state index in [1.807, 2.05) is 13.8 Å². The van der Waals surface area contributed by atoms with Crippen LogP contribution < -0.4 is 0 Å². The molecule has 0 N–H and O–H groups in total. The lowest BCUT2D eigenvalue weighted by molar-refractivity contribution is 0.381. The predicted octanol–water partition coefficient (Wildman–Crippen LogP) is 2.34. The monoisotopic (exact) mass is 333 g/mol. The van der Waals surface area contributed by atoms with Crippen molar-refractivity contribution in [3.8, 4) is 11.4 Å². The quantitative estimate of drug-likeness (QED) is 0.722. The van der Waals surface area contributed by atoms with E-state index in [0.717, 1.165) is 23.3 Å². The summed E-state index contributed by atoms with van der Waals surface area (Å²) in [6.07, 6.45) is 1.60. The Morgan fingerprint density at radius 3 is 2.30 bits per heavy atom. The minimum atomic E-state index is -3.22. The zero-order chi connectivity index (χ0) is 16.6. The Morgan fingerprint density at radius 1 is 1.04 bits per heavy atom. The van der Waals surface area contributed by atoms with Gasteiger partial charge in [-0.2, -0.15) is 4.98 Å². The van der Waals surface area contributed by atoms with Gasteiger partial charge in [0, 0.05) is 17.4 Å². The lowest BCUT2D eigenvalue weighted by atomic mass is 10.1. The van der Waals surface area contributed by atoms with Crippen LogP contribution in [0.5, 0.6) is 0 Å². The molecule has 0 spiro atoms. The standard InChI is InChI=1S/C15H15N3O4S/c1-9-13(10(2)21-17-9)8-14-16-15(18-22-14)11-4-6-12(7-5-11)23(3,19)20/h4-7H,8H2,1-3H3. The molecular weight excluding hydrogens is 318 g/mol. The highest BCUT2D eigenvalue weighted by molar-refractivity contribution is 7.90. The van der Waals surface area contributed by atoms with E-state index in [9.17, 15) is 8.42 Å². The number of benzene rings is 1. The van der Waals surface area contributed by atoms with Crippen molar-refractivity contribution in [1.82, 2.24) is 15.3 Å². The number of nitrogens with zero attached hydrogens (tertiary/aromatic N) is 3. The zero-order valence-corrected chi connectivity index (χ0v) is 13.7. The van der Waals surface area contributed by atoms with Gasteiger partial charge in [-0.1, -0.05) is 10.3 Å². The molecule has 0 bridgehead atoms. The van der Waals surface area contributed by atoms with Gasteiger partial charge >= 0.3 is 0 Å². The minimum Gasteiger partial charge on any atom is -0.361 e. The topological polar surface area (TPSA) is 99.1 Å². The van der Waals surface area contributed by atoms with Crippen molar-refractivity contribution in [2.75, 3.05) is 6.26 Å². The molecule has 23 heavy (non-hydrogen) atoms. The van der Waals surface area contributed by atoms with Crippen molar-refractivity contribution < 1.29 is 17.5 Å². The van der Waals surface area contributed by atoms with Crippen LogP contribution in [-0.4, -0.2) is 30.0 Å². The van der Waals surface area contributed by atoms with E-state index in [-0.39, 0.29) is 4.90 Å². The van der Waals surface area contributed by atoms with Crippen LogP contribution in [0.25, 0.3) is 11.4 Å².